The van der Waals surface area contributed by atoms with Gasteiger partial charge < -0.3 is 19.3 Å². The number of carbonyl (C=O) groups excluding carboxylic acids is 2. The van der Waals surface area contributed by atoms with Crippen LogP contribution in [-0.4, -0.2) is 83.9 Å². The van der Waals surface area contributed by atoms with E-state index < -0.39 is 5.41 Å². The minimum absolute atomic E-state index is 0.0985. The highest BCUT2D eigenvalue weighted by molar-refractivity contribution is 5.93. The molecule has 0 aliphatic carbocycles. The first-order chi connectivity index (χ1) is 11.7. The summed E-state index contributed by atoms with van der Waals surface area (Å²) in [6.45, 7) is 3.96. The Morgan fingerprint density at radius 2 is 2.04 bits per heavy atom. The molecule has 3 aliphatic heterocycles. The Labute approximate surface area is 140 Å². The van der Waals surface area contributed by atoms with E-state index in [0.29, 0.717) is 64.5 Å². The van der Waals surface area contributed by atoms with Crippen molar-refractivity contribution in [3.8, 4) is 0 Å². The van der Waals surface area contributed by atoms with E-state index in [1.54, 1.807) is 17.2 Å². The minimum Gasteiger partial charge on any atom is -0.378 e. The van der Waals surface area contributed by atoms with Crippen molar-refractivity contribution >= 4 is 11.8 Å². The highest BCUT2D eigenvalue weighted by atomic mass is 16.5. The summed E-state index contributed by atoms with van der Waals surface area (Å²) in [5.74, 6) is 0.00223. The number of H-pyrrole nitrogens is 1. The van der Waals surface area contributed by atoms with Gasteiger partial charge in [0.1, 0.15) is 5.69 Å². The zero-order valence-electron chi connectivity index (χ0n) is 13.6. The SMILES string of the molecule is O=C(c1ccn[nH]1)N1CC[C@H]2OCC[C@@]2(C(=O)N2CCOCC2)C1. The van der Waals surface area contributed by atoms with Crippen molar-refractivity contribution in [3.05, 3.63) is 18.0 Å². The molecular formula is C16H22N4O4. The summed E-state index contributed by atoms with van der Waals surface area (Å²) in [4.78, 5) is 29.5. The Bertz CT molecular complexity index is 614. The number of aromatic amines is 1. The Morgan fingerprint density at radius 1 is 1.21 bits per heavy atom. The van der Waals surface area contributed by atoms with E-state index >= 15 is 0 Å². The lowest BCUT2D eigenvalue weighted by Crippen LogP contribution is -2.60. The first-order valence-electron chi connectivity index (χ1n) is 8.48. The first kappa shape index (κ1) is 15.6. The molecule has 4 heterocycles. The molecule has 3 saturated heterocycles. The van der Waals surface area contributed by atoms with E-state index in [1.807, 2.05) is 4.90 Å². The highest BCUT2D eigenvalue weighted by Gasteiger charge is 2.55. The Morgan fingerprint density at radius 3 is 2.79 bits per heavy atom. The summed E-state index contributed by atoms with van der Waals surface area (Å²) in [5, 5.41) is 6.56. The van der Waals surface area contributed by atoms with E-state index in [4.69, 9.17) is 9.47 Å². The van der Waals surface area contributed by atoms with Gasteiger partial charge in [-0.2, -0.15) is 5.10 Å². The molecule has 0 bridgehead atoms. The van der Waals surface area contributed by atoms with Crippen molar-refractivity contribution < 1.29 is 19.1 Å². The maximum atomic E-state index is 13.2. The summed E-state index contributed by atoms with van der Waals surface area (Å²) in [5.41, 5.74) is -0.160. The van der Waals surface area contributed by atoms with Crippen LogP contribution in [0.15, 0.2) is 12.3 Å². The van der Waals surface area contributed by atoms with E-state index in [9.17, 15) is 9.59 Å². The molecule has 3 fully saturated rings. The number of hydrogen-bond donors (Lipinski definition) is 1. The fraction of sp³-hybridized carbons (Fsp3) is 0.688. The van der Waals surface area contributed by atoms with Gasteiger partial charge >= 0.3 is 0 Å². The lowest BCUT2D eigenvalue weighted by molar-refractivity contribution is -0.153. The minimum atomic E-state index is -0.620. The lowest BCUT2D eigenvalue weighted by Gasteiger charge is -2.45. The first-order valence-corrected chi connectivity index (χ1v) is 8.48. The van der Waals surface area contributed by atoms with Gasteiger partial charge in [0.25, 0.3) is 5.91 Å². The zero-order valence-corrected chi connectivity index (χ0v) is 13.6. The summed E-state index contributed by atoms with van der Waals surface area (Å²) in [6, 6.07) is 1.66. The average Bonchev–Trinajstić information content (AvgIpc) is 3.30. The molecular weight excluding hydrogens is 312 g/mol. The summed E-state index contributed by atoms with van der Waals surface area (Å²) < 4.78 is 11.2. The number of carbonyl (C=O) groups is 2. The van der Waals surface area contributed by atoms with Gasteiger partial charge in [0.15, 0.2) is 0 Å². The molecule has 1 aromatic rings. The molecule has 2 atom stereocenters. The zero-order chi connectivity index (χ0) is 16.6. The van der Waals surface area contributed by atoms with Crippen LogP contribution >= 0.6 is 0 Å². The van der Waals surface area contributed by atoms with E-state index in [0.717, 1.165) is 0 Å². The van der Waals surface area contributed by atoms with Crippen molar-refractivity contribution in [1.82, 2.24) is 20.0 Å². The van der Waals surface area contributed by atoms with Gasteiger partial charge in [-0.3, -0.25) is 14.7 Å². The van der Waals surface area contributed by atoms with E-state index in [1.165, 1.54) is 0 Å². The van der Waals surface area contributed by atoms with E-state index in [-0.39, 0.29) is 17.9 Å². The number of nitrogens with one attached hydrogen (secondary N) is 1. The number of fused-ring (bicyclic) bond motifs is 1. The Hall–Kier alpha value is -1.93. The van der Waals surface area contributed by atoms with Crippen molar-refractivity contribution in [2.75, 3.05) is 46.0 Å². The monoisotopic (exact) mass is 334 g/mol. The number of amides is 2. The van der Waals surface area contributed by atoms with Crippen molar-refractivity contribution in [3.63, 3.8) is 0 Å². The summed E-state index contributed by atoms with van der Waals surface area (Å²) >= 11 is 0. The van der Waals surface area contributed by atoms with Gasteiger partial charge in [0.2, 0.25) is 5.91 Å². The van der Waals surface area contributed by atoms with E-state index in [2.05, 4.69) is 10.2 Å². The third kappa shape index (κ3) is 2.50. The standard InChI is InChI=1S/C16H22N4O4/c21-14(12-1-4-17-18-12)20-5-2-13-16(11-20,3-8-24-13)15(22)19-6-9-23-10-7-19/h1,4,13H,2-3,5-11H2,(H,17,18)/t13-,16-/m1/s1. The largest absolute Gasteiger partial charge is 0.378 e. The van der Waals surface area contributed by atoms with Crippen LogP contribution in [0.3, 0.4) is 0 Å². The number of morpholine rings is 1. The number of ether oxygens (including phenoxy) is 2. The smallest absolute Gasteiger partial charge is 0.271 e. The molecule has 8 nitrogen and oxygen atoms in total. The van der Waals surface area contributed by atoms with Crippen LogP contribution < -0.4 is 0 Å². The molecule has 0 unspecified atom stereocenters. The van der Waals surface area contributed by atoms with Gasteiger partial charge in [-0.15, -0.1) is 0 Å². The fourth-order valence-electron chi connectivity index (χ4n) is 4.05. The van der Waals surface area contributed by atoms with Crippen LogP contribution in [0.1, 0.15) is 23.3 Å². The quantitative estimate of drug-likeness (QED) is 0.815. The predicted octanol–water partition coefficient (Wildman–Crippen LogP) is -0.110. The number of rotatable bonds is 2. The van der Waals surface area contributed by atoms with Gasteiger partial charge in [-0.1, -0.05) is 0 Å². The second kappa shape index (κ2) is 6.18. The van der Waals surface area contributed by atoms with Crippen LogP contribution in [0.2, 0.25) is 0 Å². The van der Waals surface area contributed by atoms with Crippen molar-refractivity contribution in [2.45, 2.75) is 18.9 Å². The molecule has 0 radical (unpaired) electrons. The van der Waals surface area contributed by atoms with Crippen LogP contribution in [0.25, 0.3) is 0 Å². The number of nitrogens with zero attached hydrogens (tertiary/aromatic N) is 3. The van der Waals surface area contributed by atoms with Gasteiger partial charge in [0.05, 0.1) is 24.7 Å². The molecule has 1 N–H and O–H groups in total. The maximum absolute atomic E-state index is 13.2. The number of piperidine rings is 1. The molecule has 0 spiro atoms. The molecule has 0 saturated carbocycles. The lowest BCUT2D eigenvalue weighted by atomic mass is 9.75. The molecule has 8 heteroatoms. The van der Waals surface area contributed by atoms with Crippen LogP contribution in [0.4, 0.5) is 0 Å². The highest BCUT2D eigenvalue weighted by Crippen LogP contribution is 2.42. The van der Waals surface area contributed by atoms with Gasteiger partial charge in [-0.25, -0.2) is 0 Å². The Balaban J connectivity index is 1.56. The molecule has 130 valence electrons. The van der Waals surface area contributed by atoms with Gasteiger partial charge in [-0.05, 0) is 18.9 Å². The maximum Gasteiger partial charge on any atom is 0.271 e. The number of aromatic nitrogens is 2. The van der Waals surface area contributed by atoms with Crippen LogP contribution in [0, 0.1) is 5.41 Å². The second-order valence-corrected chi connectivity index (χ2v) is 6.66. The van der Waals surface area contributed by atoms with Crippen LogP contribution in [0.5, 0.6) is 0 Å². The number of likely N-dealkylation sites (tertiary alicyclic amines) is 1. The fourth-order valence-corrected chi connectivity index (χ4v) is 4.05. The number of hydrogen-bond acceptors (Lipinski definition) is 5. The third-order valence-corrected chi connectivity index (χ3v) is 5.36. The van der Waals surface area contributed by atoms with Gasteiger partial charge in [0, 0.05) is 39.0 Å². The Kier molecular flexibility index (Phi) is 4.01. The summed E-state index contributed by atoms with van der Waals surface area (Å²) in [7, 11) is 0. The van der Waals surface area contributed by atoms with Crippen molar-refractivity contribution in [2.24, 2.45) is 5.41 Å². The molecule has 24 heavy (non-hydrogen) atoms. The predicted molar refractivity (Wildman–Crippen MR) is 83.3 cm³/mol. The molecule has 3 aliphatic rings. The molecule has 1 aromatic heterocycles. The molecule has 4 rings (SSSR count). The third-order valence-electron chi connectivity index (χ3n) is 5.36. The molecule has 2 amide bonds. The molecule has 0 aromatic carbocycles. The normalized spacial score (nSPS) is 30.2. The summed E-state index contributed by atoms with van der Waals surface area (Å²) in [6.07, 6.45) is 2.82. The van der Waals surface area contributed by atoms with Crippen molar-refractivity contribution in [1.29, 1.82) is 0 Å². The average molecular weight is 334 g/mol. The van der Waals surface area contributed by atoms with Crippen LogP contribution in [-0.2, 0) is 14.3 Å². The second-order valence-electron chi connectivity index (χ2n) is 6.66. The topological polar surface area (TPSA) is 87.8 Å².